The number of aromatic nitrogens is 5. The van der Waals surface area contributed by atoms with Gasteiger partial charge in [0.1, 0.15) is 17.8 Å². The highest BCUT2D eigenvalue weighted by Crippen LogP contribution is 2.27. The van der Waals surface area contributed by atoms with Gasteiger partial charge in [-0.25, -0.2) is 0 Å². The molecule has 3 heterocycles. The van der Waals surface area contributed by atoms with Gasteiger partial charge in [0.25, 0.3) is 5.91 Å². The number of carbonyl (C=O) groups excluding carboxylic acids is 1. The lowest BCUT2D eigenvalue weighted by Gasteiger charge is -2.32. The molecule has 0 bridgehead atoms. The number of nitrogens with zero attached hydrogens (tertiary/aromatic N) is 6. The standard InChI is InChI=1S/C19H22N6O/c1-2-24-12-10-17(22-24)19(26)23-11-6-7-15(13-23)18-21-20-14-25(18)16-8-4-3-5-9-16/h3-5,8-10,12,14-15H,2,6-7,11,13H2,1H3. The molecule has 0 radical (unpaired) electrons. The Morgan fingerprint density at radius 2 is 2.08 bits per heavy atom. The minimum atomic E-state index is -0.00678. The molecule has 7 nitrogen and oxygen atoms in total. The van der Waals surface area contributed by atoms with Crippen molar-refractivity contribution in [3.05, 3.63) is 60.4 Å². The SMILES string of the molecule is CCn1ccc(C(=O)N2CCCC(c3nncn3-c3ccccc3)C2)n1. The van der Waals surface area contributed by atoms with Gasteiger partial charge >= 0.3 is 0 Å². The highest BCUT2D eigenvalue weighted by molar-refractivity contribution is 5.92. The van der Waals surface area contributed by atoms with Crippen LogP contribution in [0.1, 0.15) is 42.0 Å². The van der Waals surface area contributed by atoms with Crippen LogP contribution < -0.4 is 0 Å². The molecule has 3 aromatic rings. The highest BCUT2D eigenvalue weighted by atomic mass is 16.2. The minimum absolute atomic E-state index is 0.00678. The molecule has 0 N–H and O–H groups in total. The molecule has 134 valence electrons. The topological polar surface area (TPSA) is 68.8 Å². The fraction of sp³-hybridized carbons (Fsp3) is 0.368. The van der Waals surface area contributed by atoms with Gasteiger partial charge in [-0.3, -0.25) is 14.0 Å². The average Bonchev–Trinajstić information content (AvgIpc) is 3.38. The van der Waals surface area contributed by atoms with Crippen LogP contribution in [0.25, 0.3) is 5.69 Å². The summed E-state index contributed by atoms with van der Waals surface area (Å²) in [6, 6.07) is 11.9. The third-order valence-electron chi connectivity index (χ3n) is 4.87. The molecule has 0 saturated carbocycles. The molecular formula is C19H22N6O. The predicted molar refractivity (Wildman–Crippen MR) is 97.1 cm³/mol. The van der Waals surface area contributed by atoms with E-state index in [0.717, 1.165) is 37.4 Å². The van der Waals surface area contributed by atoms with Crippen LogP contribution in [0.4, 0.5) is 0 Å². The van der Waals surface area contributed by atoms with E-state index in [1.807, 2.05) is 52.9 Å². The first-order chi connectivity index (χ1) is 12.8. The molecule has 1 unspecified atom stereocenters. The summed E-state index contributed by atoms with van der Waals surface area (Å²) in [5.74, 6) is 1.07. The van der Waals surface area contributed by atoms with E-state index in [4.69, 9.17) is 0 Å². The number of piperidine rings is 1. The van der Waals surface area contributed by atoms with Crippen molar-refractivity contribution >= 4 is 5.91 Å². The number of hydrogen-bond donors (Lipinski definition) is 0. The van der Waals surface area contributed by atoms with Gasteiger partial charge < -0.3 is 4.90 Å². The fourth-order valence-corrected chi connectivity index (χ4v) is 3.50. The number of carbonyl (C=O) groups is 1. The summed E-state index contributed by atoms with van der Waals surface area (Å²) < 4.78 is 3.80. The Labute approximate surface area is 152 Å². The number of rotatable bonds is 4. The zero-order valence-electron chi connectivity index (χ0n) is 14.8. The summed E-state index contributed by atoms with van der Waals surface area (Å²) in [4.78, 5) is 14.7. The Hall–Kier alpha value is -2.96. The van der Waals surface area contributed by atoms with Crippen molar-refractivity contribution in [1.82, 2.24) is 29.4 Å². The summed E-state index contributed by atoms with van der Waals surface area (Å²) in [6.45, 7) is 4.17. The van der Waals surface area contributed by atoms with Crippen LogP contribution in [0.5, 0.6) is 0 Å². The second kappa shape index (κ2) is 7.11. The number of aryl methyl sites for hydroxylation is 1. The number of amides is 1. The molecule has 1 aromatic carbocycles. The second-order valence-corrected chi connectivity index (χ2v) is 6.54. The van der Waals surface area contributed by atoms with Gasteiger partial charge in [0, 0.05) is 37.4 Å². The van der Waals surface area contributed by atoms with Gasteiger partial charge in [0.15, 0.2) is 0 Å². The summed E-state index contributed by atoms with van der Waals surface area (Å²) in [7, 11) is 0. The van der Waals surface area contributed by atoms with Crippen molar-refractivity contribution in [1.29, 1.82) is 0 Å². The van der Waals surface area contributed by atoms with E-state index < -0.39 is 0 Å². The lowest BCUT2D eigenvalue weighted by atomic mass is 9.96. The van der Waals surface area contributed by atoms with Crippen LogP contribution in [-0.2, 0) is 6.54 Å². The summed E-state index contributed by atoms with van der Waals surface area (Å²) in [5, 5.41) is 12.8. The van der Waals surface area contributed by atoms with Gasteiger partial charge in [-0.2, -0.15) is 5.10 Å². The first-order valence-electron chi connectivity index (χ1n) is 9.04. The first kappa shape index (κ1) is 16.5. The van der Waals surface area contributed by atoms with Crippen molar-refractivity contribution in [2.24, 2.45) is 0 Å². The molecular weight excluding hydrogens is 328 g/mol. The minimum Gasteiger partial charge on any atom is -0.337 e. The van der Waals surface area contributed by atoms with Crippen LogP contribution in [0, 0.1) is 0 Å². The van der Waals surface area contributed by atoms with E-state index in [0.29, 0.717) is 12.2 Å². The van der Waals surface area contributed by atoms with Gasteiger partial charge in [0.05, 0.1) is 0 Å². The van der Waals surface area contributed by atoms with Gasteiger partial charge in [0.2, 0.25) is 0 Å². The predicted octanol–water partition coefficient (Wildman–Crippen LogP) is 2.50. The molecule has 1 aliphatic heterocycles. The van der Waals surface area contributed by atoms with Crippen molar-refractivity contribution in [3.8, 4) is 5.69 Å². The van der Waals surface area contributed by atoms with Crippen molar-refractivity contribution in [3.63, 3.8) is 0 Å². The number of likely N-dealkylation sites (tertiary alicyclic amines) is 1. The van der Waals surface area contributed by atoms with Crippen LogP contribution in [0.3, 0.4) is 0 Å². The van der Waals surface area contributed by atoms with Crippen LogP contribution in [0.15, 0.2) is 48.9 Å². The van der Waals surface area contributed by atoms with E-state index >= 15 is 0 Å². The quantitative estimate of drug-likeness (QED) is 0.725. The summed E-state index contributed by atoms with van der Waals surface area (Å²) in [5.41, 5.74) is 1.55. The molecule has 1 fully saturated rings. The molecule has 0 spiro atoms. The Bertz CT molecular complexity index is 884. The van der Waals surface area contributed by atoms with Crippen molar-refractivity contribution < 1.29 is 4.79 Å². The van der Waals surface area contributed by atoms with E-state index in [9.17, 15) is 4.79 Å². The molecule has 0 aliphatic carbocycles. The van der Waals surface area contributed by atoms with Crippen LogP contribution >= 0.6 is 0 Å². The average molecular weight is 350 g/mol. The third-order valence-corrected chi connectivity index (χ3v) is 4.87. The van der Waals surface area contributed by atoms with E-state index in [2.05, 4.69) is 15.3 Å². The van der Waals surface area contributed by atoms with E-state index in [1.165, 1.54) is 0 Å². The number of benzene rings is 1. The molecule has 7 heteroatoms. The zero-order valence-corrected chi connectivity index (χ0v) is 14.8. The third kappa shape index (κ3) is 3.12. The number of para-hydroxylation sites is 1. The molecule has 2 aromatic heterocycles. The Morgan fingerprint density at radius 3 is 2.85 bits per heavy atom. The van der Waals surface area contributed by atoms with Crippen molar-refractivity contribution in [2.75, 3.05) is 13.1 Å². The highest BCUT2D eigenvalue weighted by Gasteiger charge is 2.29. The second-order valence-electron chi connectivity index (χ2n) is 6.54. The maximum atomic E-state index is 12.8. The van der Waals surface area contributed by atoms with Crippen LogP contribution in [0.2, 0.25) is 0 Å². The molecule has 1 aliphatic rings. The summed E-state index contributed by atoms with van der Waals surface area (Å²) in [6.07, 6.45) is 5.54. The van der Waals surface area contributed by atoms with E-state index in [-0.39, 0.29) is 11.8 Å². The lowest BCUT2D eigenvalue weighted by Crippen LogP contribution is -2.40. The Morgan fingerprint density at radius 1 is 1.23 bits per heavy atom. The Balaban J connectivity index is 1.54. The molecule has 1 amide bonds. The molecule has 1 atom stereocenters. The normalized spacial score (nSPS) is 17.4. The molecule has 1 saturated heterocycles. The summed E-state index contributed by atoms with van der Waals surface area (Å²) >= 11 is 0. The molecule has 26 heavy (non-hydrogen) atoms. The maximum Gasteiger partial charge on any atom is 0.274 e. The monoisotopic (exact) mass is 350 g/mol. The Kier molecular flexibility index (Phi) is 4.51. The number of hydrogen-bond acceptors (Lipinski definition) is 4. The van der Waals surface area contributed by atoms with Gasteiger partial charge in [-0.1, -0.05) is 18.2 Å². The lowest BCUT2D eigenvalue weighted by molar-refractivity contribution is 0.0697. The van der Waals surface area contributed by atoms with Crippen LogP contribution in [-0.4, -0.2) is 48.4 Å². The maximum absolute atomic E-state index is 12.8. The van der Waals surface area contributed by atoms with Gasteiger partial charge in [-0.15, -0.1) is 10.2 Å². The zero-order chi connectivity index (χ0) is 17.9. The van der Waals surface area contributed by atoms with Crippen molar-refractivity contribution in [2.45, 2.75) is 32.2 Å². The first-order valence-corrected chi connectivity index (χ1v) is 9.04. The smallest absolute Gasteiger partial charge is 0.274 e. The fourth-order valence-electron chi connectivity index (χ4n) is 3.50. The van der Waals surface area contributed by atoms with Gasteiger partial charge in [-0.05, 0) is 38.0 Å². The van der Waals surface area contributed by atoms with E-state index in [1.54, 1.807) is 17.1 Å². The largest absolute Gasteiger partial charge is 0.337 e. The molecule has 4 rings (SSSR count).